The lowest BCUT2D eigenvalue weighted by Gasteiger charge is -2.10. The van der Waals surface area contributed by atoms with Crippen molar-refractivity contribution >= 4 is 35.7 Å². The molecule has 0 heterocycles. The molecular weight excluding hydrogens is 321 g/mol. The van der Waals surface area contributed by atoms with Crippen LogP contribution in [0.15, 0.2) is 48.5 Å². The highest BCUT2D eigenvalue weighted by molar-refractivity contribution is 6.30. The van der Waals surface area contributed by atoms with E-state index in [2.05, 4.69) is 10.6 Å². The minimum atomic E-state index is -0.251. The summed E-state index contributed by atoms with van der Waals surface area (Å²) in [7, 11) is 0. The van der Waals surface area contributed by atoms with Gasteiger partial charge in [0.05, 0.1) is 0 Å². The summed E-state index contributed by atoms with van der Waals surface area (Å²) in [4.78, 5) is 11.8. The van der Waals surface area contributed by atoms with Gasteiger partial charge in [-0.3, -0.25) is 0 Å². The fourth-order valence-electron chi connectivity index (χ4n) is 1.83. The second kappa shape index (κ2) is 8.63. The Kier molecular flexibility index (Phi) is 7.18. The zero-order valence-electron chi connectivity index (χ0n) is 12.2. The maximum Gasteiger partial charge on any atom is 0.319 e. The largest absolute Gasteiger partial charge is 0.334 e. The van der Waals surface area contributed by atoms with Crippen molar-refractivity contribution in [2.24, 2.45) is 5.73 Å². The van der Waals surface area contributed by atoms with E-state index in [1.165, 1.54) is 0 Å². The average Bonchev–Trinajstić information content (AvgIpc) is 2.47. The first-order valence-electron chi connectivity index (χ1n) is 6.69. The predicted octanol–water partition coefficient (Wildman–Crippen LogP) is 4.10. The van der Waals surface area contributed by atoms with Crippen molar-refractivity contribution in [3.05, 3.63) is 64.7 Å². The third kappa shape index (κ3) is 5.56. The van der Waals surface area contributed by atoms with Gasteiger partial charge in [0.2, 0.25) is 0 Å². The lowest BCUT2D eigenvalue weighted by atomic mass is 10.1. The Morgan fingerprint density at radius 1 is 1.14 bits per heavy atom. The Bertz CT molecular complexity index is 598. The summed E-state index contributed by atoms with van der Waals surface area (Å²) in [6, 6.07) is 14.5. The van der Waals surface area contributed by atoms with E-state index in [9.17, 15) is 4.79 Å². The van der Waals surface area contributed by atoms with Gasteiger partial charge in [-0.25, -0.2) is 4.79 Å². The molecule has 0 saturated heterocycles. The molecule has 0 fully saturated rings. The van der Waals surface area contributed by atoms with Gasteiger partial charge in [-0.1, -0.05) is 35.9 Å². The van der Waals surface area contributed by atoms with Crippen LogP contribution in [0.25, 0.3) is 0 Å². The number of rotatable bonds is 4. The molecule has 0 radical (unpaired) electrons. The molecule has 0 aliphatic rings. The minimum absolute atomic E-state index is 0. The van der Waals surface area contributed by atoms with Crippen LogP contribution in [0.1, 0.15) is 24.1 Å². The predicted molar refractivity (Wildman–Crippen MR) is 93.6 cm³/mol. The van der Waals surface area contributed by atoms with Gasteiger partial charge in [0.25, 0.3) is 0 Å². The molecule has 0 bridgehead atoms. The van der Waals surface area contributed by atoms with Gasteiger partial charge in [-0.15, -0.1) is 12.4 Å². The minimum Gasteiger partial charge on any atom is -0.334 e. The van der Waals surface area contributed by atoms with Crippen molar-refractivity contribution in [2.75, 3.05) is 5.32 Å². The first kappa shape index (κ1) is 18.3. The highest BCUT2D eigenvalue weighted by Crippen LogP contribution is 2.14. The van der Waals surface area contributed by atoms with E-state index in [0.29, 0.717) is 11.6 Å². The third-order valence-electron chi connectivity index (χ3n) is 3.06. The first-order chi connectivity index (χ1) is 10.0. The zero-order chi connectivity index (χ0) is 15.2. The zero-order valence-corrected chi connectivity index (χ0v) is 13.7. The number of anilines is 1. The Labute approximate surface area is 141 Å². The molecule has 2 rings (SSSR count). The molecule has 118 valence electrons. The topological polar surface area (TPSA) is 67.1 Å². The number of carbonyl (C=O) groups excluding carboxylic acids is 1. The van der Waals surface area contributed by atoms with Crippen molar-refractivity contribution in [3.8, 4) is 0 Å². The Balaban J connectivity index is 0.00000242. The van der Waals surface area contributed by atoms with Gasteiger partial charge in [0.1, 0.15) is 0 Å². The molecule has 1 atom stereocenters. The van der Waals surface area contributed by atoms with Gasteiger partial charge in [0.15, 0.2) is 0 Å². The number of hydrogen-bond donors (Lipinski definition) is 3. The summed E-state index contributed by atoms with van der Waals surface area (Å²) in [6.45, 7) is 2.36. The Morgan fingerprint density at radius 3 is 2.27 bits per heavy atom. The molecular formula is C16H19Cl2N3O. The number of nitrogens with one attached hydrogen (secondary N) is 2. The number of hydrogen-bond acceptors (Lipinski definition) is 2. The fourth-order valence-corrected chi connectivity index (χ4v) is 1.96. The monoisotopic (exact) mass is 339 g/mol. The molecule has 0 saturated carbocycles. The van der Waals surface area contributed by atoms with Crippen LogP contribution in [-0.4, -0.2) is 6.03 Å². The van der Waals surface area contributed by atoms with E-state index in [1.807, 2.05) is 43.3 Å². The Morgan fingerprint density at radius 2 is 1.73 bits per heavy atom. The SMILES string of the molecule is C[C@@H](N)c1ccc(NC(=O)NCc2ccc(Cl)cc2)cc1.Cl. The third-order valence-corrected chi connectivity index (χ3v) is 3.31. The van der Waals surface area contributed by atoms with E-state index in [-0.39, 0.29) is 24.5 Å². The van der Waals surface area contributed by atoms with Crippen molar-refractivity contribution in [1.82, 2.24) is 5.32 Å². The molecule has 0 unspecified atom stereocenters. The summed E-state index contributed by atoms with van der Waals surface area (Å²) in [5.74, 6) is 0. The van der Waals surface area contributed by atoms with Crippen LogP contribution < -0.4 is 16.4 Å². The van der Waals surface area contributed by atoms with E-state index >= 15 is 0 Å². The summed E-state index contributed by atoms with van der Waals surface area (Å²) in [5, 5.41) is 6.24. The van der Waals surface area contributed by atoms with E-state index in [0.717, 1.165) is 16.8 Å². The lowest BCUT2D eigenvalue weighted by Crippen LogP contribution is -2.28. The van der Waals surface area contributed by atoms with E-state index < -0.39 is 0 Å². The molecule has 0 aromatic heterocycles. The lowest BCUT2D eigenvalue weighted by molar-refractivity contribution is 0.251. The smallest absolute Gasteiger partial charge is 0.319 e. The quantitative estimate of drug-likeness (QED) is 0.784. The molecule has 4 nitrogen and oxygen atoms in total. The van der Waals surface area contributed by atoms with Gasteiger partial charge < -0.3 is 16.4 Å². The van der Waals surface area contributed by atoms with E-state index in [4.69, 9.17) is 17.3 Å². The summed E-state index contributed by atoms with van der Waals surface area (Å²) in [6.07, 6.45) is 0. The van der Waals surface area contributed by atoms with Crippen molar-refractivity contribution in [3.63, 3.8) is 0 Å². The molecule has 2 aromatic rings. The number of amides is 2. The fraction of sp³-hybridized carbons (Fsp3) is 0.188. The standard InChI is InChI=1S/C16H18ClN3O.ClH/c1-11(18)13-4-8-15(9-5-13)20-16(21)19-10-12-2-6-14(17)7-3-12;/h2-9,11H,10,18H2,1H3,(H2,19,20,21);1H/t11-;/m1./s1. The molecule has 6 heteroatoms. The first-order valence-corrected chi connectivity index (χ1v) is 7.07. The highest BCUT2D eigenvalue weighted by atomic mass is 35.5. The van der Waals surface area contributed by atoms with Gasteiger partial charge >= 0.3 is 6.03 Å². The molecule has 2 amide bonds. The average molecular weight is 340 g/mol. The van der Waals surface area contributed by atoms with Gasteiger partial charge in [0, 0.05) is 23.3 Å². The summed E-state index contributed by atoms with van der Waals surface area (Å²) < 4.78 is 0. The summed E-state index contributed by atoms with van der Waals surface area (Å²) in [5.41, 5.74) is 8.53. The molecule has 0 aliphatic heterocycles. The Hall–Kier alpha value is -1.75. The van der Waals surface area contributed by atoms with Crippen molar-refractivity contribution in [2.45, 2.75) is 19.5 Å². The maximum absolute atomic E-state index is 11.8. The van der Waals surface area contributed by atoms with Crippen molar-refractivity contribution < 1.29 is 4.79 Å². The number of benzene rings is 2. The molecule has 22 heavy (non-hydrogen) atoms. The van der Waals surface area contributed by atoms with Crippen molar-refractivity contribution in [1.29, 1.82) is 0 Å². The second-order valence-corrected chi connectivity index (χ2v) is 5.28. The van der Waals surface area contributed by atoms with Crippen LogP contribution in [0.4, 0.5) is 10.5 Å². The van der Waals surface area contributed by atoms with Crippen LogP contribution in [-0.2, 0) is 6.54 Å². The number of urea groups is 1. The highest BCUT2D eigenvalue weighted by Gasteiger charge is 2.03. The molecule has 2 aromatic carbocycles. The van der Waals surface area contributed by atoms with Gasteiger partial charge in [-0.05, 0) is 42.3 Å². The normalized spacial score (nSPS) is 11.2. The summed E-state index contributed by atoms with van der Waals surface area (Å²) >= 11 is 5.81. The van der Waals surface area contributed by atoms with Crippen LogP contribution in [0.5, 0.6) is 0 Å². The van der Waals surface area contributed by atoms with Crippen LogP contribution in [0, 0.1) is 0 Å². The molecule has 4 N–H and O–H groups in total. The number of carbonyl (C=O) groups is 1. The maximum atomic E-state index is 11.8. The number of halogens is 2. The van der Waals surface area contributed by atoms with E-state index in [1.54, 1.807) is 12.1 Å². The number of nitrogens with two attached hydrogens (primary N) is 1. The van der Waals surface area contributed by atoms with Crippen LogP contribution in [0.3, 0.4) is 0 Å². The molecule has 0 spiro atoms. The second-order valence-electron chi connectivity index (χ2n) is 4.84. The van der Waals surface area contributed by atoms with Gasteiger partial charge in [-0.2, -0.15) is 0 Å². The van der Waals surface area contributed by atoms with Crippen LogP contribution in [0.2, 0.25) is 5.02 Å². The molecule has 0 aliphatic carbocycles. The van der Waals surface area contributed by atoms with Crippen LogP contribution >= 0.6 is 24.0 Å².